The van der Waals surface area contributed by atoms with Gasteiger partial charge in [0.2, 0.25) is 0 Å². The molecule has 0 fully saturated rings. The van der Waals surface area contributed by atoms with E-state index in [1.54, 1.807) is 0 Å². The first-order valence-electron chi connectivity index (χ1n) is 6.06. The third-order valence-corrected chi connectivity index (χ3v) is 3.30. The maximum absolute atomic E-state index is 4.17. The number of allylic oxidation sites excluding steroid dienone is 3. The van der Waals surface area contributed by atoms with Crippen LogP contribution < -0.4 is 0 Å². The summed E-state index contributed by atoms with van der Waals surface area (Å²) in [5, 5.41) is 0. The van der Waals surface area contributed by atoms with Gasteiger partial charge in [0.15, 0.2) is 0 Å². The molecule has 0 N–H and O–H groups in total. The summed E-state index contributed by atoms with van der Waals surface area (Å²) in [5.41, 5.74) is 6.19. The molecule has 0 unspecified atom stereocenters. The van der Waals surface area contributed by atoms with Gasteiger partial charge in [-0.2, -0.15) is 0 Å². The van der Waals surface area contributed by atoms with Crippen LogP contribution in [0.4, 0.5) is 0 Å². The Balaban J connectivity index is 2.51. The fourth-order valence-electron chi connectivity index (χ4n) is 2.21. The van der Waals surface area contributed by atoms with Crippen molar-refractivity contribution < 1.29 is 0 Å². The molecule has 1 aliphatic rings. The molecule has 1 heteroatoms. The molecule has 0 amide bonds. The molecule has 0 spiro atoms. The van der Waals surface area contributed by atoms with Crippen LogP contribution in [0.5, 0.6) is 0 Å². The Bertz CT molecular complexity index is 506. The van der Waals surface area contributed by atoms with E-state index in [4.69, 9.17) is 0 Å². The molecule has 0 aliphatic carbocycles. The summed E-state index contributed by atoms with van der Waals surface area (Å²) in [6.45, 7) is 11.5. The Morgan fingerprint density at radius 2 is 1.82 bits per heavy atom. The lowest BCUT2D eigenvalue weighted by Crippen LogP contribution is -2.23. The molecule has 17 heavy (non-hydrogen) atoms. The lowest BCUT2D eigenvalue weighted by Gasteiger charge is -2.32. The molecule has 0 atom stereocenters. The molecule has 2 rings (SSSR count). The minimum atomic E-state index is 0.949. The normalized spacial score (nSPS) is 15.7. The van der Waals surface area contributed by atoms with Gasteiger partial charge in [-0.05, 0) is 38.0 Å². The van der Waals surface area contributed by atoms with Crippen molar-refractivity contribution in [1.29, 1.82) is 0 Å². The third-order valence-electron chi connectivity index (χ3n) is 3.30. The van der Waals surface area contributed by atoms with Crippen molar-refractivity contribution >= 4 is 5.70 Å². The van der Waals surface area contributed by atoms with Gasteiger partial charge in [0.1, 0.15) is 0 Å². The molecule has 0 saturated heterocycles. The standard InChI is InChI=1S/C16H19N/c1-5-17-14(4)12(2)10-11-16(17)15-9-7-6-8-13(15)3/h6-11H,4-5H2,1-3H3. The van der Waals surface area contributed by atoms with E-state index in [2.05, 4.69) is 68.7 Å². The molecule has 1 aromatic rings. The van der Waals surface area contributed by atoms with Gasteiger partial charge in [0, 0.05) is 23.5 Å². The van der Waals surface area contributed by atoms with Crippen LogP contribution in [0.1, 0.15) is 25.0 Å². The molecule has 0 aromatic heterocycles. The van der Waals surface area contributed by atoms with Crippen LogP contribution in [-0.2, 0) is 0 Å². The first kappa shape index (κ1) is 11.7. The van der Waals surface area contributed by atoms with Gasteiger partial charge in [-0.15, -0.1) is 0 Å². The molecule has 1 heterocycles. The Morgan fingerprint density at radius 1 is 1.12 bits per heavy atom. The minimum absolute atomic E-state index is 0.949. The van der Waals surface area contributed by atoms with Crippen molar-refractivity contribution in [3.05, 3.63) is 65.4 Å². The number of benzene rings is 1. The topological polar surface area (TPSA) is 3.24 Å². The number of rotatable bonds is 2. The molecule has 1 aliphatic heterocycles. The van der Waals surface area contributed by atoms with Gasteiger partial charge in [-0.3, -0.25) is 0 Å². The summed E-state index contributed by atoms with van der Waals surface area (Å²) in [6, 6.07) is 8.49. The fraction of sp³-hybridized carbons (Fsp3) is 0.250. The maximum atomic E-state index is 4.17. The van der Waals surface area contributed by atoms with Crippen LogP contribution in [0.15, 0.2) is 54.3 Å². The number of aryl methyl sites for hydroxylation is 1. The molecule has 0 saturated carbocycles. The number of hydrogen-bond donors (Lipinski definition) is 0. The molecule has 0 radical (unpaired) electrons. The highest BCUT2D eigenvalue weighted by Gasteiger charge is 2.18. The van der Waals surface area contributed by atoms with Crippen LogP contribution in [0.2, 0.25) is 0 Å². The molecule has 1 nitrogen and oxygen atoms in total. The molecule has 88 valence electrons. The predicted molar refractivity (Wildman–Crippen MR) is 74.4 cm³/mol. The Morgan fingerprint density at radius 3 is 2.47 bits per heavy atom. The predicted octanol–water partition coefficient (Wildman–Crippen LogP) is 4.13. The summed E-state index contributed by atoms with van der Waals surface area (Å²) in [4.78, 5) is 2.28. The van der Waals surface area contributed by atoms with E-state index < -0.39 is 0 Å². The summed E-state index contributed by atoms with van der Waals surface area (Å²) < 4.78 is 0. The quantitative estimate of drug-likeness (QED) is 0.731. The van der Waals surface area contributed by atoms with Crippen LogP contribution in [0.3, 0.4) is 0 Å². The van der Waals surface area contributed by atoms with Crippen molar-refractivity contribution in [3.8, 4) is 0 Å². The smallest absolute Gasteiger partial charge is 0.0486 e. The van der Waals surface area contributed by atoms with Crippen molar-refractivity contribution in [2.24, 2.45) is 0 Å². The highest BCUT2D eigenvalue weighted by atomic mass is 15.1. The first-order chi connectivity index (χ1) is 8.15. The number of likely N-dealkylation sites (N-methyl/N-ethyl adjacent to an activating group) is 1. The van der Waals surface area contributed by atoms with E-state index in [0.29, 0.717) is 0 Å². The van der Waals surface area contributed by atoms with Gasteiger partial charge >= 0.3 is 0 Å². The van der Waals surface area contributed by atoms with Gasteiger partial charge in [0.05, 0.1) is 0 Å². The molecular formula is C16H19N. The van der Waals surface area contributed by atoms with E-state index in [9.17, 15) is 0 Å². The maximum Gasteiger partial charge on any atom is 0.0486 e. The molecule has 1 aromatic carbocycles. The van der Waals surface area contributed by atoms with Crippen molar-refractivity contribution in [1.82, 2.24) is 4.90 Å². The summed E-state index contributed by atoms with van der Waals surface area (Å²) in [7, 11) is 0. The zero-order chi connectivity index (χ0) is 12.4. The molecular weight excluding hydrogens is 206 g/mol. The zero-order valence-electron chi connectivity index (χ0n) is 10.8. The van der Waals surface area contributed by atoms with E-state index in [1.807, 2.05) is 0 Å². The number of nitrogens with zero attached hydrogens (tertiary/aromatic N) is 1. The summed E-state index contributed by atoms with van der Waals surface area (Å²) >= 11 is 0. The Labute approximate surface area is 104 Å². The highest BCUT2D eigenvalue weighted by Crippen LogP contribution is 2.31. The van der Waals surface area contributed by atoms with Crippen LogP contribution >= 0.6 is 0 Å². The fourth-order valence-corrected chi connectivity index (χ4v) is 2.21. The second-order valence-corrected chi connectivity index (χ2v) is 4.41. The lowest BCUT2D eigenvalue weighted by atomic mass is 10.00. The van der Waals surface area contributed by atoms with Crippen LogP contribution in [0.25, 0.3) is 5.70 Å². The van der Waals surface area contributed by atoms with Crippen molar-refractivity contribution in [2.75, 3.05) is 6.54 Å². The first-order valence-corrected chi connectivity index (χ1v) is 6.06. The third kappa shape index (κ3) is 2.05. The van der Waals surface area contributed by atoms with Gasteiger partial charge < -0.3 is 4.90 Å². The minimum Gasteiger partial charge on any atom is -0.342 e. The molecule has 0 bridgehead atoms. The highest BCUT2D eigenvalue weighted by molar-refractivity contribution is 5.72. The summed E-state index contributed by atoms with van der Waals surface area (Å²) in [6.07, 6.45) is 4.34. The second-order valence-electron chi connectivity index (χ2n) is 4.41. The Hall–Kier alpha value is -1.76. The van der Waals surface area contributed by atoms with E-state index >= 15 is 0 Å². The van der Waals surface area contributed by atoms with Crippen LogP contribution in [0, 0.1) is 6.92 Å². The average molecular weight is 225 g/mol. The van der Waals surface area contributed by atoms with Crippen LogP contribution in [-0.4, -0.2) is 11.4 Å². The van der Waals surface area contributed by atoms with Crippen molar-refractivity contribution in [3.63, 3.8) is 0 Å². The number of hydrogen-bond acceptors (Lipinski definition) is 1. The van der Waals surface area contributed by atoms with E-state index in [1.165, 1.54) is 22.4 Å². The average Bonchev–Trinajstić information content (AvgIpc) is 2.33. The lowest BCUT2D eigenvalue weighted by molar-refractivity contribution is 0.521. The second kappa shape index (κ2) is 4.62. The van der Waals surface area contributed by atoms with E-state index in [0.717, 1.165) is 12.2 Å². The monoisotopic (exact) mass is 225 g/mol. The van der Waals surface area contributed by atoms with Gasteiger partial charge in [-0.25, -0.2) is 0 Å². The van der Waals surface area contributed by atoms with Crippen molar-refractivity contribution in [2.45, 2.75) is 20.8 Å². The SMILES string of the molecule is C=C1C(C)=CC=C(c2ccccc2C)N1CC. The van der Waals surface area contributed by atoms with E-state index in [-0.39, 0.29) is 0 Å². The largest absolute Gasteiger partial charge is 0.342 e. The summed E-state index contributed by atoms with van der Waals surface area (Å²) in [5.74, 6) is 0. The van der Waals surface area contributed by atoms with Gasteiger partial charge in [0.25, 0.3) is 0 Å². The zero-order valence-corrected chi connectivity index (χ0v) is 10.8. The Kier molecular flexibility index (Phi) is 3.19. The van der Waals surface area contributed by atoms with Gasteiger partial charge in [-0.1, -0.05) is 36.9 Å².